The van der Waals surface area contributed by atoms with E-state index in [1.165, 1.54) is 0 Å². The van der Waals surface area contributed by atoms with Gasteiger partial charge in [-0.05, 0) is 36.1 Å². The molecule has 1 saturated heterocycles. The lowest BCUT2D eigenvalue weighted by atomic mass is 9.88. The maximum absolute atomic E-state index is 13.0. The monoisotopic (exact) mass is 365 g/mol. The van der Waals surface area contributed by atoms with Gasteiger partial charge < -0.3 is 15.0 Å². The summed E-state index contributed by atoms with van der Waals surface area (Å²) in [4.78, 5) is 31.0. The molecule has 27 heavy (non-hydrogen) atoms. The number of carbonyl (C=O) groups excluding carboxylic acids is 2. The van der Waals surface area contributed by atoms with Crippen LogP contribution >= 0.6 is 0 Å². The number of nitrogens with one attached hydrogen (secondary N) is 1. The van der Waals surface area contributed by atoms with E-state index in [1.807, 2.05) is 47.5 Å². The van der Waals surface area contributed by atoms with Gasteiger partial charge in [0.05, 0.1) is 18.6 Å². The molecule has 0 unspecified atom stereocenters. The van der Waals surface area contributed by atoms with Gasteiger partial charge in [0, 0.05) is 37.6 Å². The molecule has 2 amide bonds. The number of aromatic nitrogens is 1. The van der Waals surface area contributed by atoms with Crippen molar-refractivity contribution in [1.29, 1.82) is 0 Å². The first-order valence-electron chi connectivity index (χ1n) is 9.39. The van der Waals surface area contributed by atoms with Crippen LogP contribution in [0.1, 0.15) is 36.3 Å². The highest BCUT2D eigenvalue weighted by Crippen LogP contribution is 2.34. The van der Waals surface area contributed by atoms with Gasteiger partial charge in [-0.2, -0.15) is 0 Å². The van der Waals surface area contributed by atoms with Crippen molar-refractivity contribution in [3.8, 4) is 0 Å². The van der Waals surface area contributed by atoms with Crippen molar-refractivity contribution in [2.24, 2.45) is 0 Å². The number of ether oxygens (including phenoxy) is 1. The van der Waals surface area contributed by atoms with Crippen LogP contribution in [0.15, 0.2) is 48.8 Å². The van der Waals surface area contributed by atoms with E-state index >= 15 is 0 Å². The second-order valence-corrected chi connectivity index (χ2v) is 7.09. The first-order valence-corrected chi connectivity index (χ1v) is 9.39. The number of hydrogen-bond acceptors (Lipinski definition) is 4. The van der Waals surface area contributed by atoms with Crippen LogP contribution in [0, 0.1) is 0 Å². The Hall–Kier alpha value is -2.73. The van der Waals surface area contributed by atoms with E-state index in [2.05, 4.69) is 10.3 Å². The van der Waals surface area contributed by atoms with E-state index in [1.54, 1.807) is 6.20 Å². The molecule has 1 aromatic heterocycles. The van der Waals surface area contributed by atoms with E-state index in [9.17, 15) is 9.59 Å². The van der Waals surface area contributed by atoms with Crippen molar-refractivity contribution in [2.75, 3.05) is 18.4 Å². The fourth-order valence-electron chi connectivity index (χ4n) is 3.79. The molecule has 0 aliphatic carbocycles. The van der Waals surface area contributed by atoms with Gasteiger partial charge in [-0.3, -0.25) is 14.6 Å². The molecule has 1 atom stereocenters. The standard InChI is InChI=1S/C21H23N3O3/c25-20-12-18(17-5-1-2-6-19(17)23-20)21(26)24-10-7-16(8-11-24)27-14-15-4-3-9-22-13-15/h1-6,9,13,16,18H,7-8,10-12,14H2,(H,23,25)/t18-/m1/s1. The molecular weight excluding hydrogens is 342 g/mol. The zero-order chi connectivity index (χ0) is 18.6. The molecule has 2 aliphatic heterocycles. The third-order valence-electron chi connectivity index (χ3n) is 5.26. The number of amides is 2. The van der Waals surface area contributed by atoms with Gasteiger partial charge in [-0.25, -0.2) is 0 Å². The Balaban J connectivity index is 1.34. The zero-order valence-electron chi connectivity index (χ0n) is 15.1. The Labute approximate surface area is 158 Å². The van der Waals surface area contributed by atoms with E-state index in [0.29, 0.717) is 19.7 Å². The highest BCUT2D eigenvalue weighted by Gasteiger charge is 2.34. The van der Waals surface area contributed by atoms with E-state index in [0.717, 1.165) is 29.7 Å². The number of carbonyl (C=O) groups is 2. The van der Waals surface area contributed by atoms with Crippen molar-refractivity contribution in [1.82, 2.24) is 9.88 Å². The Bertz CT molecular complexity index is 816. The molecule has 6 heteroatoms. The van der Waals surface area contributed by atoms with Gasteiger partial charge in [-0.1, -0.05) is 24.3 Å². The number of benzene rings is 1. The summed E-state index contributed by atoms with van der Waals surface area (Å²) in [7, 11) is 0. The fourth-order valence-corrected chi connectivity index (χ4v) is 3.79. The lowest BCUT2D eigenvalue weighted by Gasteiger charge is -2.35. The van der Waals surface area contributed by atoms with Crippen molar-refractivity contribution < 1.29 is 14.3 Å². The summed E-state index contributed by atoms with van der Waals surface area (Å²) in [6.45, 7) is 1.87. The molecule has 2 aromatic rings. The third-order valence-corrected chi connectivity index (χ3v) is 5.26. The molecule has 0 radical (unpaired) electrons. The number of likely N-dealkylation sites (tertiary alicyclic amines) is 1. The topological polar surface area (TPSA) is 71.5 Å². The molecule has 6 nitrogen and oxygen atoms in total. The van der Waals surface area contributed by atoms with Gasteiger partial charge >= 0.3 is 0 Å². The van der Waals surface area contributed by atoms with Crippen LogP contribution in [0.25, 0.3) is 0 Å². The maximum Gasteiger partial charge on any atom is 0.230 e. The molecule has 2 aliphatic rings. The zero-order valence-corrected chi connectivity index (χ0v) is 15.1. The van der Waals surface area contributed by atoms with Gasteiger partial charge in [0.1, 0.15) is 0 Å². The van der Waals surface area contributed by atoms with Crippen LogP contribution in [0.5, 0.6) is 0 Å². The number of nitrogens with zero attached hydrogens (tertiary/aromatic N) is 2. The van der Waals surface area contributed by atoms with Crippen LogP contribution in [0.2, 0.25) is 0 Å². The number of piperidine rings is 1. The Morgan fingerprint density at radius 3 is 2.78 bits per heavy atom. The average molecular weight is 365 g/mol. The predicted molar refractivity (Wildman–Crippen MR) is 101 cm³/mol. The maximum atomic E-state index is 13.0. The summed E-state index contributed by atoms with van der Waals surface area (Å²) in [5.74, 6) is -0.437. The summed E-state index contributed by atoms with van der Waals surface area (Å²) in [5.41, 5.74) is 2.72. The van der Waals surface area contributed by atoms with E-state index in [4.69, 9.17) is 4.74 Å². The average Bonchev–Trinajstić information content (AvgIpc) is 2.72. The highest BCUT2D eigenvalue weighted by molar-refractivity contribution is 6.01. The lowest BCUT2D eigenvalue weighted by molar-refractivity contribution is -0.137. The molecule has 0 spiro atoms. The number of hydrogen-bond donors (Lipinski definition) is 1. The Kier molecular flexibility index (Phi) is 5.16. The predicted octanol–water partition coefficient (Wildman–Crippen LogP) is 2.72. The highest BCUT2D eigenvalue weighted by atomic mass is 16.5. The second kappa shape index (κ2) is 7.88. The minimum Gasteiger partial charge on any atom is -0.373 e. The van der Waals surface area contributed by atoms with Crippen molar-refractivity contribution in [3.63, 3.8) is 0 Å². The molecule has 0 bridgehead atoms. The quantitative estimate of drug-likeness (QED) is 0.904. The molecule has 140 valence electrons. The van der Waals surface area contributed by atoms with Gasteiger partial charge in [-0.15, -0.1) is 0 Å². The molecule has 1 N–H and O–H groups in total. The van der Waals surface area contributed by atoms with Crippen LogP contribution in [-0.2, 0) is 20.9 Å². The van der Waals surface area contributed by atoms with Crippen LogP contribution < -0.4 is 5.32 Å². The number of para-hydroxylation sites is 1. The molecule has 1 fully saturated rings. The summed E-state index contributed by atoms with van der Waals surface area (Å²) in [6, 6.07) is 11.5. The molecule has 0 saturated carbocycles. The van der Waals surface area contributed by atoms with Crippen LogP contribution in [0.4, 0.5) is 5.69 Å². The second-order valence-electron chi connectivity index (χ2n) is 7.09. The first kappa shape index (κ1) is 17.7. The number of anilines is 1. The molecular formula is C21H23N3O3. The number of pyridine rings is 1. The SMILES string of the molecule is O=C1C[C@@H](C(=O)N2CCC(OCc3cccnc3)CC2)c2ccccc2N1. The minimum absolute atomic E-state index is 0.0445. The van der Waals surface area contributed by atoms with Crippen molar-refractivity contribution in [3.05, 3.63) is 59.9 Å². The Morgan fingerprint density at radius 1 is 1.19 bits per heavy atom. The molecule has 1 aromatic carbocycles. The van der Waals surface area contributed by atoms with E-state index < -0.39 is 0 Å². The lowest BCUT2D eigenvalue weighted by Crippen LogP contribution is -2.44. The largest absolute Gasteiger partial charge is 0.373 e. The first-order chi connectivity index (χ1) is 13.2. The van der Waals surface area contributed by atoms with Crippen LogP contribution in [0.3, 0.4) is 0 Å². The number of rotatable bonds is 4. The van der Waals surface area contributed by atoms with Crippen molar-refractivity contribution in [2.45, 2.75) is 37.9 Å². The summed E-state index contributed by atoms with van der Waals surface area (Å²) in [6.07, 6.45) is 5.55. The summed E-state index contributed by atoms with van der Waals surface area (Å²) in [5, 5.41) is 2.85. The van der Waals surface area contributed by atoms with Gasteiger partial charge in [0.25, 0.3) is 0 Å². The number of fused-ring (bicyclic) bond motifs is 1. The fraction of sp³-hybridized carbons (Fsp3) is 0.381. The van der Waals surface area contributed by atoms with E-state index in [-0.39, 0.29) is 30.3 Å². The summed E-state index contributed by atoms with van der Waals surface area (Å²) >= 11 is 0. The third kappa shape index (κ3) is 4.01. The van der Waals surface area contributed by atoms with Gasteiger partial charge in [0.15, 0.2) is 0 Å². The van der Waals surface area contributed by atoms with Crippen molar-refractivity contribution >= 4 is 17.5 Å². The molecule has 4 rings (SSSR count). The normalized spacial score (nSPS) is 20.1. The Morgan fingerprint density at radius 2 is 2.00 bits per heavy atom. The minimum atomic E-state index is -0.386. The van der Waals surface area contributed by atoms with Gasteiger partial charge in [0.2, 0.25) is 11.8 Å². The summed E-state index contributed by atoms with van der Waals surface area (Å²) < 4.78 is 5.97. The van der Waals surface area contributed by atoms with Crippen LogP contribution in [-0.4, -0.2) is 40.9 Å². The molecule has 3 heterocycles. The smallest absolute Gasteiger partial charge is 0.230 e.